The maximum Gasteiger partial charge on any atom is 0.202 e. The topological polar surface area (TPSA) is 51.6 Å². The summed E-state index contributed by atoms with van der Waals surface area (Å²) in [5, 5.41) is 8.95. The molecule has 0 fully saturated rings. The number of nitrogens with zero attached hydrogens (tertiary/aromatic N) is 4. The molecule has 0 spiro atoms. The SMILES string of the molecule is Cc1nnc2nc3ccccc3cnc1-2. The second-order valence-electron chi connectivity index (χ2n) is 3.39. The number of aromatic nitrogens is 4. The summed E-state index contributed by atoms with van der Waals surface area (Å²) >= 11 is 0. The molecule has 0 atom stereocenters. The standard InChI is InChI=1S/C11H8N4/c1-7-10-11(15-14-7)13-9-5-3-2-4-8(9)6-12-10/h2-6H,1H3. The minimum atomic E-state index is 0.605. The Kier molecular flexibility index (Phi) is 1.62. The summed E-state index contributed by atoms with van der Waals surface area (Å²) in [6.45, 7) is 1.88. The van der Waals surface area contributed by atoms with Crippen LogP contribution in [0.1, 0.15) is 5.69 Å². The van der Waals surface area contributed by atoms with Gasteiger partial charge in [-0.25, -0.2) is 4.98 Å². The number of benzene rings is 1. The second-order valence-corrected chi connectivity index (χ2v) is 3.39. The summed E-state index contributed by atoms with van der Waals surface area (Å²) in [6.07, 6.45) is 1.81. The molecule has 2 heterocycles. The lowest BCUT2D eigenvalue weighted by Crippen LogP contribution is -1.80. The highest BCUT2D eigenvalue weighted by Crippen LogP contribution is 2.19. The van der Waals surface area contributed by atoms with Crippen LogP contribution in [0, 0.1) is 6.92 Å². The molecule has 1 aromatic rings. The van der Waals surface area contributed by atoms with Crippen LogP contribution in [0.15, 0.2) is 30.5 Å². The Bertz CT molecular complexity index is 606. The predicted molar refractivity (Wildman–Crippen MR) is 56.5 cm³/mol. The molecular formula is C11H8N4. The highest BCUT2D eigenvalue weighted by atomic mass is 15.2. The highest BCUT2D eigenvalue weighted by Gasteiger charge is 2.11. The van der Waals surface area contributed by atoms with Gasteiger partial charge in [0.25, 0.3) is 0 Å². The molecule has 0 aromatic heterocycles. The molecule has 0 saturated heterocycles. The molecule has 3 rings (SSSR count). The van der Waals surface area contributed by atoms with Crippen LogP contribution in [0.25, 0.3) is 22.4 Å². The Labute approximate surface area is 86.4 Å². The summed E-state index contributed by atoms with van der Waals surface area (Å²) in [7, 11) is 0. The molecule has 0 radical (unpaired) electrons. The Hall–Kier alpha value is -2.10. The first kappa shape index (κ1) is 8.23. The Balaban J connectivity index is 2.46. The molecule has 0 saturated carbocycles. The number of fused-ring (bicyclic) bond motifs is 2. The van der Waals surface area contributed by atoms with E-state index in [2.05, 4.69) is 20.2 Å². The predicted octanol–water partition coefficient (Wildman–Crippen LogP) is 1.83. The lowest BCUT2D eigenvalue weighted by Gasteiger charge is -1.87. The van der Waals surface area contributed by atoms with Crippen molar-refractivity contribution in [3.8, 4) is 11.5 Å². The maximum absolute atomic E-state index is 4.42. The van der Waals surface area contributed by atoms with Gasteiger partial charge in [-0.1, -0.05) is 18.2 Å². The van der Waals surface area contributed by atoms with Crippen molar-refractivity contribution in [2.45, 2.75) is 6.92 Å². The summed E-state index contributed by atoms with van der Waals surface area (Å²) in [4.78, 5) is 8.77. The van der Waals surface area contributed by atoms with Gasteiger partial charge in [0.2, 0.25) is 5.82 Å². The molecule has 0 amide bonds. The Morgan fingerprint density at radius 3 is 2.87 bits per heavy atom. The fourth-order valence-corrected chi connectivity index (χ4v) is 1.55. The van der Waals surface area contributed by atoms with Gasteiger partial charge in [-0.15, -0.1) is 5.10 Å². The molecule has 4 heteroatoms. The second kappa shape index (κ2) is 2.95. The number of rotatable bonds is 0. The first-order valence-corrected chi connectivity index (χ1v) is 4.69. The zero-order valence-corrected chi connectivity index (χ0v) is 8.18. The van der Waals surface area contributed by atoms with Crippen molar-refractivity contribution in [3.63, 3.8) is 0 Å². The van der Waals surface area contributed by atoms with Crippen LogP contribution in [0.5, 0.6) is 0 Å². The van der Waals surface area contributed by atoms with E-state index in [1.807, 2.05) is 31.2 Å². The molecular weight excluding hydrogens is 188 g/mol. The molecule has 0 bridgehead atoms. The van der Waals surface area contributed by atoms with Gasteiger partial charge in [0.15, 0.2) is 0 Å². The summed E-state index contributed by atoms with van der Waals surface area (Å²) in [5.41, 5.74) is 2.48. The maximum atomic E-state index is 4.42. The van der Waals surface area contributed by atoms with Crippen LogP contribution in [0.4, 0.5) is 0 Å². The molecule has 0 N–H and O–H groups in total. The highest BCUT2D eigenvalue weighted by molar-refractivity contribution is 5.79. The first-order valence-electron chi connectivity index (χ1n) is 4.69. The number of hydrogen-bond donors (Lipinski definition) is 0. The Morgan fingerprint density at radius 1 is 1.07 bits per heavy atom. The van der Waals surface area contributed by atoms with Crippen LogP contribution >= 0.6 is 0 Å². The molecule has 72 valence electrons. The van der Waals surface area contributed by atoms with Gasteiger partial charge in [0.1, 0.15) is 5.69 Å². The van der Waals surface area contributed by atoms with Gasteiger partial charge >= 0.3 is 0 Å². The molecule has 1 aromatic carbocycles. The van der Waals surface area contributed by atoms with E-state index in [0.29, 0.717) is 5.82 Å². The largest absolute Gasteiger partial charge is 0.250 e. The van der Waals surface area contributed by atoms with E-state index < -0.39 is 0 Å². The van der Waals surface area contributed by atoms with Crippen LogP contribution in [-0.4, -0.2) is 20.2 Å². The third-order valence-electron chi connectivity index (χ3n) is 2.35. The zero-order valence-electron chi connectivity index (χ0n) is 8.18. The minimum absolute atomic E-state index is 0.605. The van der Waals surface area contributed by atoms with Crippen molar-refractivity contribution < 1.29 is 0 Å². The molecule has 2 aliphatic rings. The van der Waals surface area contributed by atoms with Crippen molar-refractivity contribution in [2.24, 2.45) is 0 Å². The average Bonchev–Trinajstić information content (AvgIpc) is 2.51. The molecule has 0 unspecified atom stereocenters. The molecule has 4 nitrogen and oxygen atoms in total. The lowest BCUT2D eigenvalue weighted by molar-refractivity contribution is 1.04. The molecule has 15 heavy (non-hydrogen) atoms. The van der Waals surface area contributed by atoms with Crippen LogP contribution < -0.4 is 0 Å². The fourth-order valence-electron chi connectivity index (χ4n) is 1.55. The zero-order chi connectivity index (χ0) is 10.3. The van der Waals surface area contributed by atoms with Crippen LogP contribution in [0.3, 0.4) is 0 Å². The van der Waals surface area contributed by atoms with Crippen LogP contribution in [-0.2, 0) is 0 Å². The van der Waals surface area contributed by atoms with Crippen molar-refractivity contribution in [2.75, 3.05) is 0 Å². The quantitative estimate of drug-likeness (QED) is 0.550. The molecule has 2 aliphatic heterocycles. The minimum Gasteiger partial charge on any atom is -0.250 e. The van der Waals surface area contributed by atoms with E-state index >= 15 is 0 Å². The monoisotopic (exact) mass is 196 g/mol. The van der Waals surface area contributed by atoms with E-state index in [4.69, 9.17) is 0 Å². The van der Waals surface area contributed by atoms with Crippen molar-refractivity contribution >= 4 is 10.9 Å². The van der Waals surface area contributed by atoms with Gasteiger partial charge < -0.3 is 0 Å². The number of para-hydroxylation sites is 1. The summed E-state index contributed by atoms with van der Waals surface area (Å²) in [6, 6.07) is 7.84. The average molecular weight is 196 g/mol. The van der Waals surface area contributed by atoms with E-state index in [9.17, 15) is 0 Å². The normalized spacial score (nSPS) is 11.0. The van der Waals surface area contributed by atoms with Gasteiger partial charge in [0.05, 0.1) is 11.2 Å². The van der Waals surface area contributed by atoms with Gasteiger partial charge in [-0.05, 0) is 13.0 Å². The van der Waals surface area contributed by atoms with Gasteiger partial charge in [-0.3, -0.25) is 4.98 Å². The van der Waals surface area contributed by atoms with Gasteiger partial charge in [0, 0.05) is 11.6 Å². The third-order valence-corrected chi connectivity index (χ3v) is 2.35. The van der Waals surface area contributed by atoms with Crippen molar-refractivity contribution in [1.29, 1.82) is 0 Å². The third kappa shape index (κ3) is 1.22. The molecule has 0 aliphatic carbocycles. The van der Waals surface area contributed by atoms with E-state index in [-0.39, 0.29) is 0 Å². The van der Waals surface area contributed by atoms with Crippen molar-refractivity contribution in [1.82, 2.24) is 20.2 Å². The number of hydrogen-bond acceptors (Lipinski definition) is 4. The van der Waals surface area contributed by atoms with E-state index in [0.717, 1.165) is 22.3 Å². The van der Waals surface area contributed by atoms with Gasteiger partial charge in [-0.2, -0.15) is 5.10 Å². The summed E-state index contributed by atoms with van der Waals surface area (Å²) < 4.78 is 0. The van der Waals surface area contributed by atoms with E-state index in [1.165, 1.54) is 0 Å². The summed E-state index contributed by atoms with van der Waals surface area (Å²) in [5.74, 6) is 0.605. The fraction of sp³-hybridized carbons (Fsp3) is 0.0909. The van der Waals surface area contributed by atoms with E-state index in [1.54, 1.807) is 6.20 Å². The Morgan fingerprint density at radius 2 is 1.93 bits per heavy atom. The first-order chi connectivity index (χ1) is 7.34. The number of aryl methyl sites for hydroxylation is 1. The lowest BCUT2D eigenvalue weighted by atomic mass is 10.2. The van der Waals surface area contributed by atoms with Crippen LogP contribution in [0.2, 0.25) is 0 Å². The smallest absolute Gasteiger partial charge is 0.202 e. The van der Waals surface area contributed by atoms with Crippen molar-refractivity contribution in [3.05, 3.63) is 36.2 Å².